The molecule has 0 bridgehead atoms. The van der Waals surface area contributed by atoms with Crippen molar-refractivity contribution in [1.29, 1.82) is 0 Å². The number of allylic oxidation sites excluding steroid dienone is 3. The first kappa shape index (κ1) is 20.1. The van der Waals surface area contributed by atoms with Gasteiger partial charge in [-0.05, 0) is 102 Å². The van der Waals surface area contributed by atoms with Crippen molar-refractivity contribution < 1.29 is 4.43 Å². The molecular weight excluding hydrogens is 368 g/mol. The molecule has 1 nitrogen and oxygen atoms in total. The molecule has 1 unspecified atom stereocenters. The molecule has 0 fully saturated rings. The van der Waals surface area contributed by atoms with Crippen LogP contribution in [0.5, 0.6) is 0 Å². The minimum Gasteiger partial charge on any atom is -0.415 e. The standard InChI is InChI=1S/C27H32OSi/c1-18(2)22-14-15-25-23-12-8-7-10-21(23)17-26(25)27(22)24-13-9-11-20(24)16-19(3)28-29(4,5)6/h7-12,14-15,17,19H,13,16H2,1-6H3. The molecule has 0 radical (unpaired) electrons. The summed E-state index contributed by atoms with van der Waals surface area (Å²) >= 11 is 0. The summed E-state index contributed by atoms with van der Waals surface area (Å²) in [5.41, 5.74) is 7.11. The fraction of sp³-hybridized carbons (Fsp3) is 0.333. The molecule has 4 rings (SSSR count). The Hall–Kier alpha value is -2.16. The summed E-state index contributed by atoms with van der Waals surface area (Å²) in [4.78, 5) is 0. The third-order valence-corrected chi connectivity index (χ3v) is 6.84. The lowest BCUT2D eigenvalue weighted by molar-refractivity contribution is 0.215. The minimum absolute atomic E-state index is 0.252. The van der Waals surface area contributed by atoms with Crippen molar-refractivity contribution in [3.05, 3.63) is 86.1 Å². The van der Waals surface area contributed by atoms with Gasteiger partial charge in [-0.3, -0.25) is 0 Å². The van der Waals surface area contributed by atoms with Gasteiger partial charge in [-0.2, -0.15) is 0 Å². The normalized spacial score (nSPS) is 15.9. The number of rotatable bonds is 5. The predicted molar refractivity (Wildman–Crippen MR) is 127 cm³/mol. The Bertz CT molecular complexity index is 1230. The summed E-state index contributed by atoms with van der Waals surface area (Å²) in [5, 5.41) is 5.43. The van der Waals surface area contributed by atoms with E-state index in [2.05, 4.69) is 95.0 Å². The summed E-state index contributed by atoms with van der Waals surface area (Å²) in [5.74, 6) is 0. The molecule has 0 spiro atoms. The number of fused-ring (bicyclic) bond motifs is 2. The van der Waals surface area contributed by atoms with Crippen LogP contribution in [0.2, 0.25) is 19.6 Å². The van der Waals surface area contributed by atoms with Crippen LogP contribution in [0.25, 0.3) is 17.2 Å². The molecule has 0 aliphatic heterocycles. The van der Waals surface area contributed by atoms with Crippen molar-refractivity contribution in [2.45, 2.75) is 59.4 Å². The average Bonchev–Trinajstić information content (AvgIpc) is 3.23. The first-order chi connectivity index (χ1) is 13.7. The number of hydrogen-bond acceptors (Lipinski definition) is 1. The highest BCUT2D eigenvalue weighted by atomic mass is 28.4. The zero-order valence-corrected chi connectivity index (χ0v) is 19.6. The summed E-state index contributed by atoms with van der Waals surface area (Å²) in [7, 11) is -1.54. The van der Waals surface area contributed by atoms with Gasteiger partial charge in [0.05, 0.1) is 0 Å². The fourth-order valence-electron chi connectivity index (χ4n) is 4.73. The van der Waals surface area contributed by atoms with Crippen LogP contribution in [-0.2, 0) is 4.43 Å². The quantitative estimate of drug-likeness (QED) is 0.503. The van der Waals surface area contributed by atoms with E-state index < -0.39 is 8.32 Å². The van der Waals surface area contributed by atoms with Gasteiger partial charge in [-0.25, -0.2) is 0 Å². The van der Waals surface area contributed by atoms with E-state index in [1.165, 1.54) is 48.7 Å². The van der Waals surface area contributed by atoms with Crippen LogP contribution in [0.4, 0.5) is 0 Å². The Labute approximate surface area is 175 Å². The molecule has 2 aromatic carbocycles. The molecule has 150 valence electrons. The van der Waals surface area contributed by atoms with Gasteiger partial charge in [0, 0.05) is 6.10 Å². The second-order valence-electron chi connectivity index (χ2n) is 9.54. The van der Waals surface area contributed by atoms with E-state index in [4.69, 9.17) is 4.43 Å². The molecule has 0 saturated heterocycles. The summed E-state index contributed by atoms with van der Waals surface area (Å²) in [6.07, 6.45) is 9.28. The van der Waals surface area contributed by atoms with Crippen molar-refractivity contribution in [2.75, 3.05) is 0 Å². The zero-order valence-electron chi connectivity index (χ0n) is 18.6. The third-order valence-electron chi connectivity index (χ3n) is 5.73. The predicted octanol–water partition coefficient (Wildman–Crippen LogP) is 5.65. The lowest BCUT2D eigenvalue weighted by Crippen LogP contribution is -2.30. The van der Waals surface area contributed by atoms with Gasteiger partial charge >= 0.3 is 0 Å². The van der Waals surface area contributed by atoms with Crippen LogP contribution in [0, 0.1) is 10.4 Å². The lowest BCUT2D eigenvalue weighted by atomic mass is 9.90. The maximum atomic E-state index is 6.36. The van der Waals surface area contributed by atoms with Crippen LogP contribution in [0.3, 0.4) is 0 Å². The van der Waals surface area contributed by atoms with Crippen molar-refractivity contribution in [3.63, 3.8) is 0 Å². The first-order valence-electron chi connectivity index (χ1n) is 10.7. The highest BCUT2D eigenvalue weighted by Crippen LogP contribution is 2.34. The van der Waals surface area contributed by atoms with Crippen molar-refractivity contribution in [3.8, 4) is 0 Å². The summed E-state index contributed by atoms with van der Waals surface area (Å²) in [6, 6.07) is 13.4. The smallest absolute Gasteiger partial charge is 0.184 e. The third kappa shape index (κ3) is 3.97. The Morgan fingerprint density at radius 3 is 2.52 bits per heavy atom. The van der Waals surface area contributed by atoms with Crippen LogP contribution in [-0.4, -0.2) is 14.4 Å². The molecule has 29 heavy (non-hydrogen) atoms. The van der Waals surface area contributed by atoms with E-state index in [1.807, 2.05) is 0 Å². The monoisotopic (exact) mass is 400 g/mol. The van der Waals surface area contributed by atoms with E-state index in [9.17, 15) is 0 Å². The van der Waals surface area contributed by atoms with Crippen LogP contribution >= 0.6 is 0 Å². The van der Waals surface area contributed by atoms with Crippen LogP contribution < -0.4 is 10.4 Å². The Morgan fingerprint density at radius 1 is 1.03 bits per heavy atom. The van der Waals surface area contributed by atoms with E-state index in [-0.39, 0.29) is 6.10 Å². The van der Waals surface area contributed by atoms with E-state index in [0.717, 1.165) is 12.8 Å². The highest BCUT2D eigenvalue weighted by molar-refractivity contribution is 6.69. The molecule has 2 aliphatic rings. The van der Waals surface area contributed by atoms with Gasteiger partial charge in [0.1, 0.15) is 0 Å². The van der Waals surface area contributed by atoms with Crippen molar-refractivity contribution >= 4 is 25.5 Å². The molecule has 2 aliphatic carbocycles. The largest absolute Gasteiger partial charge is 0.415 e. The van der Waals surface area contributed by atoms with Crippen molar-refractivity contribution in [1.82, 2.24) is 0 Å². The second kappa shape index (κ2) is 7.59. The second-order valence-corrected chi connectivity index (χ2v) is 14.0. The topological polar surface area (TPSA) is 9.23 Å². The molecule has 0 saturated carbocycles. The van der Waals surface area contributed by atoms with Crippen LogP contribution in [0.15, 0.2) is 54.1 Å². The van der Waals surface area contributed by atoms with Gasteiger partial charge in [0.2, 0.25) is 0 Å². The molecular formula is C27H32OSi. The van der Waals surface area contributed by atoms with Gasteiger partial charge in [-0.15, -0.1) is 0 Å². The Morgan fingerprint density at radius 2 is 1.79 bits per heavy atom. The van der Waals surface area contributed by atoms with E-state index >= 15 is 0 Å². The first-order valence-corrected chi connectivity index (χ1v) is 14.1. The Kier molecular flexibility index (Phi) is 5.26. The lowest BCUT2D eigenvalue weighted by Gasteiger charge is -2.24. The van der Waals surface area contributed by atoms with Crippen molar-refractivity contribution in [2.24, 2.45) is 0 Å². The Balaban J connectivity index is 1.91. The highest BCUT2D eigenvalue weighted by Gasteiger charge is 2.22. The van der Waals surface area contributed by atoms with E-state index in [0.29, 0.717) is 0 Å². The maximum Gasteiger partial charge on any atom is 0.184 e. The van der Waals surface area contributed by atoms with Gasteiger partial charge in [-0.1, -0.05) is 54.1 Å². The molecule has 0 amide bonds. The molecule has 0 N–H and O–H groups in total. The number of hydrogen-bond donors (Lipinski definition) is 0. The molecule has 0 heterocycles. The fourth-order valence-corrected chi connectivity index (χ4v) is 6.02. The summed E-state index contributed by atoms with van der Waals surface area (Å²) < 4.78 is 6.36. The maximum absolute atomic E-state index is 6.36. The van der Waals surface area contributed by atoms with Gasteiger partial charge < -0.3 is 4.43 Å². The van der Waals surface area contributed by atoms with Crippen LogP contribution in [0.1, 0.15) is 44.7 Å². The average molecular weight is 401 g/mol. The molecule has 0 aromatic heterocycles. The minimum atomic E-state index is -1.54. The van der Waals surface area contributed by atoms with E-state index in [1.54, 1.807) is 0 Å². The zero-order chi connectivity index (χ0) is 20.8. The van der Waals surface area contributed by atoms with Gasteiger partial charge in [0.25, 0.3) is 0 Å². The summed E-state index contributed by atoms with van der Waals surface area (Å²) in [6.45, 7) is 13.5. The van der Waals surface area contributed by atoms with Gasteiger partial charge in [0.15, 0.2) is 8.32 Å². The molecule has 2 aromatic rings. The molecule has 2 heteroatoms. The SMILES string of the molecule is CC(C)=c1ccc2c(c1C1=C(CC(C)O[Si](C)(C)C)C=CC1)C=c1ccccc1=2. The number of benzene rings is 2. The molecule has 1 atom stereocenters.